The quantitative estimate of drug-likeness (QED) is 0.617. The van der Waals surface area contributed by atoms with E-state index in [0.29, 0.717) is 0 Å². The molecule has 0 aliphatic carbocycles. The van der Waals surface area contributed by atoms with Crippen LogP contribution in [0, 0.1) is 5.82 Å². The van der Waals surface area contributed by atoms with Crippen molar-refractivity contribution in [2.75, 3.05) is 19.8 Å². The molecule has 1 rings (SSSR count). The number of rotatable bonds is 7. The number of hydrogen-bond acceptors (Lipinski definition) is 3. The van der Waals surface area contributed by atoms with E-state index in [9.17, 15) is 17.6 Å². The molecule has 0 unspecified atom stereocenters. The lowest BCUT2D eigenvalue weighted by molar-refractivity contribution is -0.174. The molecule has 1 N–H and O–H groups in total. The minimum Gasteiger partial charge on any atom is -0.490 e. The van der Waals surface area contributed by atoms with E-state index in [1.54, 1.807) is 0 Å². The number of aliphatic hydroxyl groups is 1. The lowest BCUT2D eigenvalue weighted by Crippen LogP contribution is -2.18. The fourth-order valence-electron chi connectivity index (χ4n) is 1.36. The average molecular weight is 282 g/mol. The van der Waals surface area contributed by atoms with Crippen LogP contribution in [-0.2, 0) is 11.3 Å². The summed E-state index contributed by atoms with van der Waals surface area (Å²) in [7, 11) is 0. The number of halogens is 4. The van der Waals surface area contributed by atoms with E-state index in [4.69, 9.17) is 9.84 Å². The maximum atomic E-state index is 13.4. The zero-order valence-electron chi connectivity index (χ0n) is 10.0. The van der Waals surface area contributed by atoms with Crippen molar-refractivity contribution in [3.05, 3.63) is 29.6 Å². The molecule has 0 aromatic heterocycles. The van der Waals surface area contributed by atoms with Gasteiger partial charge in [-0.15, -0.1) is 0 Å². The molecular formula is C12H14F4O3. The van der Waals surface area contributed by atoms with E-state index < -0.39 is 18.6 Å². The van der Waals surface area contributed by atoms with Gasteiger partial charge in [0.25, 0.3) is 0 Å². The first-order valence-electron chi connectivity index (χ1n) is 5.59. The number of alkyl halides is 3. The standard InChI is InChI=1S/C12H14F4O3/c13-10-4-1-3-9(7-17)11(10)19-6-2-5-18-8-12(14,15)16/h1,3-4,17H,2,5-8H2. The van der Waals surface area contributed by atoms with Crippen LogP contribution in [0.25, 0.3) is 0 Å². The first-order valence-corrected chi connectivity index (χ1v) is 5.59. The maximum Gasteiger partial charge on any atom is 0.411 e. The average Bonchev–Trinajstić information content (AvgIpc) is 2.33. The molecule has 0 saturated carbocycles. The predicted molar refractivity (Wildman–Crippen MR) is 59.3 cm³/mol. The Labute approximate surface area is 107 Å². The second-order valence-corrected chi connectivity index (χ2v) is 3.76. The van der Waals surface area contributed by atoms with Crippen LogP contribution in [0.5, 0.6) is 5.75 Å². The first-order chi connectivity index (χ1) is 8.94. The Balaban J connectivity index is 2.30. The van der Waals surface area contributed by atoms with Crippen LogP contribution in [0.1, 0.15) is 12.0 Å². The van der Waals surface area contributed by atoms with E-state index in [1.165, 1.54) is 18.2 Å². The highest BCUT2D eigenvalue weighted by atomic mass is 19.4. The highest BCUT2D eigenvalue weighted by Crippen LogP contribution is 2.22. The van der Waals surface area contributed by atoms with Gasteiger partial charge in [0.05, 0.1) is 19.8 Å². The van der Waals surface area contributed by atoms with Crippen LogP contribution >= 0.6 is 0 Å². The summed E-state index contributed by atoms with van der Waals surface area (Å²) in [5, 5.41) is 8.98. The lowest BCUT2D eigenvalue weighted by Gasteiger charge is -2.11. The summed E-state index contributed by atoms with van der Waals surface area (Å²) in [6.45, 7) is -1.82. The van der Waals surface area contributed by atoms with Crippen LogP contribution in [0.4, 0.5) is 17.6 Å². The number of para-hydroxylation sites is 1. The monoisotopic (exact) mass is 282 g/mol. The van der Waals surface area contributed by atoms with Crippen molar-refractivity contribution in [1.29, 1.82) is 0 Å². The van der Waals surface area contributed by atoms with Gasteiger partial charge in [-0.1, -0.05) is 12.1 Å². The zero-order chi connectivity index (χ0) is 14.3. The van der Waals surface area contributed by atoms with Gasteiger partial charge in [-0.3, -0.25) is 0 Å². The molecule has 0 amide bonds. The molecule has 7 heteroatoms. The Kier molecular flexibility index (Phi) is 6.04. The molecule has 0 fully saturated rings. The van der Waals surface area contributed by atoms with E-state index in [0.717, 1.165) is 0 Å². The van der Waals surface area contributed by atoms with Crippen LogP contribution in [-0.4, -0.2) is 31.1 Å². The second kappa shape index (κ2) is 7.30. The van der Waals surface area contributed by atoms with Gasteiger partial charge in [0, 0.05) is 12.0 Å². The zero-order valence-corrected chi connectivity index (χ0v) is 10.0. The molecule has 19 heavy (non-hydrogen) atoms. The van der Waals surface area contributed by atoms with Crippen molar-refractivity contribution in [2.24, 2.45) is 0 Å². The van der Waals surface area contributed by atoms with Crippen LogP contribution < -0.4 is 4.74 Å². The summed E-state index contributed by atoms with van der Waals surface area (Å²) in [6, 6.07) is 4.10. The van der Waals surface area contributed by atoms with Gasteiger partial charge in [0.2, 0.25) is 0 Å². The minimum atomic E-state index is -4.35. The first kappa shape index (κ1) is 15.7. The molecule has 1 aromatic carbocycles. The normalized spacial score (nSPS) is 11.6. The van der Waals surface area contributed by atoms with E-state index in [1.807, 2.05) is 0 Å². The van der Waals surface area contributed by atoms with Gasteiger partial charge in [-0.05, 0) is 6.07 Å². The summed E-state index contributed by atoms with van der Waals surface area (Å²) >= 11 is 0. The van der Waals surface area contributed by atoms with Crippen LogP contribution in [0.15, 0.2) is 18.2 Å². The molecule has 0 spiro atoms. The molecule has 3 nitrogen and oxygen atoms in total. The molecule has 0 aliphatic heterocycles. The fourth-order valence-corrected chi connectivity index (χ4v) is 1.36. The molecule has 108 valence electrons. The van der Waals surface area contributed by atoms with Crippen LogP contribution in [0.2, 0.25) is 0 Å². The molecule has 0 atom stereocenters. The summed E-state index contributed by atoms with van der Waals surface area (Å²) in [5.41, 5.74) is 0.288. The van der Waals surface area contributed by atoms with Gasteiger partial charge in [0.1, 0.15) is 6.61 Å². The highest BCUT2D eigenvalue weighted by molar-refractivity contribution is 5.34. The number of benzene rings is 1. The number of hydrogen-bond donors (Lipinski definition) is 1. The summed E-state index contributed by atoms with van der Waals surface area (Å²) in [5.74, 6) is -0.705. The van der Waals surface area contributed by atoms with Crippen molar-refractivity contribution < 1.29 is 32.1 Å². The third kappa shape index (κ3) is 5.89. The summed E-state index contributed by atoms with van der Waals surface area (Å²) < 4.78 is 58.1. The fraction of sp³-hybridized carbons (Fsp3) is 0.500. The van der Waals surface area contributed by atoms with E-state index >= 15 is 0 Å². The third-order valence-electron chi connectivity index (χ3n) is 2.16. The van der Waals surface area contributed by atoms with Gasteiger partial charge < -0.3 is 14.6 Å². The van der Waals surface area contributed by atoms with Crippen molar-refractivity contribution in [1.82, 2.24) is 0 Å². The van der Waals surface area contributed by atoms with Crippen LogP contribution in [0.3, 0.4) is 0 Å². The summed E-state index contributed by atoms with van der Waals surface area (Å²) in [6.07, 6.45) is -4.16. The Morgan fingerprint density at radius 1 is 1.16 bits per heavy atom. The van der Waals surface area contributed by atoms with E-state index in [2.05, 4.69) is 4.74 Å². The second-order valence-electron chi connectivity index (χ2n) is 3.76. The molecule has 0 aliphatic rings. The molecule has 0 heterocycles. The highest BCUT2D eigenvalue weighted by Gasteiger charge is 2.27. The van der Waals surface area contributed by atoms with Crippen molar-refractivity contribution in [2.45, 2.75) is 19.2 Å². The molecule has 0 bridgehead atoms. The number of ether oxygens (including phenoxy) is 2. The lowest BCUT2D eigenvalue weighted by atomic mass is 10.2. The van der Waals surface area contributed by atoms with Crippen molar-refractivity contribution in [3.63, 3.8) is 0 Å². The maximum absolute atomic E-state index is 13.4. The molecule has 0 saturated heterocycles. The van der Waals surface area contributed by atoms with E-state index in [-0.39, 0.29) is 37.6 Å². The molecule has 0 radical (unpaired) electrons. The largest absolute Gasteiger partial charge is 0.490 e. The smallest absolute Gasteiger partial charge is 0.411 e. The summed E-state index contributed by atoms with van der Waals surface area (Å²) in [4.78, 5) is 0. The Hall–Kier alpha value is -1.34. The van der Waals surface area contributed by atoms with Crippen molar-refractivity contribution >= 4 is 0 Å². The Bertz CT molecular complexity index is 393. The third-order valence-corrected chi connectivity index (χ3v) is 2.16. The van der Waals surface area contributed by atoms with Crippen molar-refractivity contribution in [3.8, 4) is 5.75 Å². The SMILES string of the molecule is OCc1cccc(F)c1OCCCOCC(F)(F)F. The van der Waals surface area contributed by atoms with Gasteiger partial charge >= 0.3 is 6.18 Å². The predicted octanol–water partition coefficient (Wildman–Crippen LogP) is 2.67. The molecular weight excluding hydrogens is 268 g/mol. The number of aliphatic hydroxyl groups excluding tert-OH is 1. The Morgan fingerprint density at radius 2 is 1.89 bits per heavy atom. The van der Waals surface area contributed by atoms with Gasteiger partial charge in [-0.2, -0.15) is 13.2 Å². The van der Waals surface area contributed by atoms with Gasteiger partial charge in [0.15, 0.2) is 11.6 Å². The minimum absolute atomic E-state index is 0.00574. The molecule has 1 aromatic rings. The van der Waals surface area contributed by atoms with Gasteiger partial charge in [-0.25, -0.2) is 4.39 Å². The topological polar surface area (TPSA) is 38.7 Å². The Morgan fingerprint density at radius 3 is 2.53 bits per heavy atom.